The average Bonchev–Trinajstić information content (AvgIpc) is 3.01. The van der Waals surface area contributed by atoms with Crippen LogP contribution in [0.3, 0.4) is 0 Å². The Bertz CT molecular complexity index is 917. The van der Waals surface area contributed by atoms with E-state index < -0.39 is 17.8 Å². The zero-order valence-corrected chi connectivity index (χ0v) is 16.7. The summed E-state index contributed by atoms with van der Waals surface area (Å²) in [6, 6.07) is 7.58. The molecule has 148 valence electrons. The van der Waals surface area contributed by atoms with Crippen molar-refractivity contribution in [2.24, 2.45) is 0 Å². The van der Waals surface area contributed by atoms with Crippen molar-refractivity contribution in [3.8, 4) is 0 Å². The molecule has 0 aliphatic rings. The molecular weight excluding hydrogens is 380 g/mol. The molecule has 1 amide bonds. The van der Waals surface area contributed by atoms with E-state index in [0.717, 1.165) is 22.5 Å². The predicted molar refractivity (Wildman–Crippen MR) is 108 cm³/mol. The second kappa shape index (κ2) is 9.70. The van der Waals surface area contributed by atoms with Crippen LogP contribution in [0.2, 0.25) is 0 Å². The molecule has 0 radical (unpaired) electrons. The summed E-state index contributed by atoms with van der Waals surface area (Å²) in [7, 11) is 1.46. The molecular formula is C20H22N2O5S. The number of ether oxygens (including phenoxy) is 2. The molecule has 0 saturated carbocycles. The van der Waals surface area contributed by atoms with Gasteiger partial charge in [0.25, 0.3) is 5.91 Å². The first-order valence-electron chi connectivity index (χ1n) is 8.59. The number of thiophene rings is 1. The van der Waals surface area contributed by atoms with E-state index in [9.17, 15) is 14.4 Å². The zero-order valence-electron chi connectivity index (χ0n) is 15.9. The van der Waals surface area contributed by atoms with E-state index in [2.05, 4.69) is 5.32 Å². The highest BCUT2D eigenvalue weighted by molar-refractivity contribution is 7.18. The van der Waals surface area contributed by atoms with Gasteiger partial charge in [0.2, 0.25) is 0 Å². The number of aryl methyl sites for hydroxylation is 1. The molecule has 2 rings (SSSR count). The first kappa shape index (κ1) is 21.2. The molecule has 1 heterocycles. The Morgan fingerprint density at radius 1 is 1.21 bits per heavy atom. The van der Waals surface area contributed by atoms with Crippen LogP contribution in [0.5, 0.6) is 0 Å². The third kappa shape index (κ3) is 4.98. The Morgan fingerprint density at radius 3 is 2.57 bits per heavy atom. The van der Waals surface area contributed by atoms with E-state index in [0.29, 0.717) is 0 Å². The Morgan fingerprint density at radius 2 is 1.93 bits per heavy atom. The highest BCUT2D eigenvalue weighted by Crippen LogP contribution is 2.32. The number of esters is 2. The fourth-order valence-electron chi connectivity index (χ4n) is 2.47. The minimum Gasteiger partial charge on any atom is -0.462 e. The van der Waals surface area contributed by atoms with Crippen molar-refractivity contribution in [2.75, 3.05) is 19.4 Å². The highest BCUT2D eigenvalue weighted by Gasteiger charge is 2.27. The van der Waals surface area contributed by atoms with Gasteiger partial charge in [0.05, 0.1) is 6.61 Å². The number of rotatable bonds is 7. The molecule has 7 nitrogen and oxygen atoms in total. The Hall–Kier alpha value is -3.13. The number of anilines is 1. The molecule has 1 aromatic carbocycles. The van der Waals surface area contributed by atoms with Crippen LogP contribution >= 0.6 is 11.3 Å². The molecule has 0 bridgehead atoms. The van der Waals surface area contributed by atoms with Crippen LogP contribution in [0.15, 0.2) is 30.3 Å². The lowest BCUT2D eigenvalue weighted by Crippen LogP contribution is -2.19. The van der Waals surface area contributed by atoms with E-state index in [1.54, 1.807) is 13.0 Å². The summed E-state index contributed by atoms with van der Waals surface area (Å²) >= 11 is 0.947. The summed E-state index contributed by atoms with van der Waals surface area (Å²) in [4.78, 5) is 36.7. The smallest absolute Gasteiger partial charge is 0.341 e. The van der Waals surface area contributed by atoms with Gasteiger partial charge in [-0.3, -0.25) is 4.79 Å². The van der Waals surface area contributed by atoms with Crippen LogP contribution in [-0.4, -0.2) is 31.5 Å². The lowest BCUT2D eigenvalue weighted by atomic mass is 10.1. The number of amides is 1. The van der Waals surface area contributed by atoms with Gasteiger partial charge in [-0.1, -0.05) is 24.3 Å². The molecule has 0 fully saturated rings. The van der Waals surface area contributed by atoms with Crippen molar-refractivity contribution in [2.45, 2.75) is 20.5 Å². The lowest BCUT2D eigenvalue weighted by Gasteiger charge is -2.08. The van der Waals surface area contributed by atoms with Crippen molar-refractivity contribution < 1.29 is 23.9 Å². The van der Waals surface area contributed by atoms with Gasteiger partial charge in [-0.25, -0.2) is 9.59 Å². The molecule has 3 N–H and O–H groups in total. The molecule has 1 aromatic heterocycles. The number of benzene rings is 1. The van der Waals surface area contributed by atoms with Crippen molar-refractivity contribution in [1.29, 1.82) is 0 Å². The number of nitrogens with one attached hydrogen (secondary N) is 1. The molecule has 2 aromatic rings. The van der Waals surface area contributed by atoms with Crippen LogP contribution in [-0.2, 0) is 20.9 Å². The summed E-state index contributed by atoms with van der Waals surface area (Å²) in [5.74, 6) is -1.69. The second-order valence-corrected chi connectivity index (χ2v) is 6.80. The maximum absolute atomic E-state index is 12.2. The van der Waals surface area contributed by atoms with Crippen LogP contribution in [0.4, 0.5) is 5.00 Å². The van der Waals surface area contributed by atoms with E-state index in [-0.39, 0.29) is 34.2 Å². The van der Waals surface area contributed by atoms with Crippen molar-refractivity contribution in [3.63, 3.8) is 0 Å². The average molecular weight is 402 g/mol. The van der Waals surface area contributed by atoms with Crippen molar-refractivity contribution in [1.82, 2.24) is 5.32 Å². The first-order valence-corrected chi connectivity index (χ1v) is 9.41. The van der Waals surface area contributed by atoms with Crippen LogP contribution in [0.25, 0.3) is 6.08 Å². The van der Waals surface area contributed by atoms with Crippen LogP contribution in [0.1, 0.15) is 43.6 Å². The van der Waals surface area contributed by atoms with Gasteiger partial charge in [-0.05, 0) is 31.1 Å². The topological polar surface area (TPSA) is 108 Å². The number of carbonyl (C=O) groups excluding carboxylic acids is 3. The fraction of sp³-hybridized carbons (Fsp3) is 0.250. The number of hydrogen-bond acceptors (Lipinski definition) is 7. The van der Waals surface area contributed by atoms with Gasteiger partial charge in [0, 0.05) is 18.7 Å². The van der Waals surface area contributed by atoms with Gasteiger partial charge >= 0.3 is 11.9 Å². The third-order valence-corrected chi connectivity index (χ3v) is 4.95. The van der Waals surface area contributed by atoms with Crippen molar-refractivity contribution in [3.05, 3.63) is 57.5 Å². The second-order valence-electron chi connectivity index (χ2n) is 5.75. The maximum atomic E-state index is 12.2. The summed E-state index contributed by atoms with van der Waals surface area (Å²) in [5, 5.41) is 2.62. The number of nitrogens with two attached hydrogens (primary N) is 1. The van der Waals surface area contributed by atoms with Crippen LogP contribution in [0, 0.1) is 6.92 Å². The van der Waals surface area contributed by atoms with E-state index in [1.165, 1.54) is 13.1 Å². The predicted octanol–water partition coefficient (Wildman–Crippen LogP) is 2.93. The first-order chi connectivity index (χ1) is 13.4. The van der Waals surface area contributed by atoms with Gasteiger partial charge in [-0.15, -0.1) is 11.3 Å². The van der Waals surface area contributed by atoms with E-state index in [1.807, 2.05) is 31.2 Å². The van der Waals surface area contributed by atoms with Gasteiger partial charge in [0.1, 0.15) is 22.0 Å². The SMILES string of the molecule is CCOC(=O)c1c(N)sc(C(=O)NC)c1COC(=O)/C=C/c1ccccc1C. The Balaban J connectivity index is 2.22. The Kier molecular flexibility index (Phi) is 7.34. The number of hydrogen-bond donors (Lipinski definition) is 2. The molecule has 28 heavy (non-hydrogen) atoms. The minimum atomic E-state index is -0.659. The quantitative estimate of drug-likeness (QED) is 0.545. The summed E-state index contributed by atoms with van der Waals surface area (Å²) < 4.78 is 10.2. The lowest BCUT2D eigenvalue weighted by molar-refractivity contribution is -0.138. The van der Waals surface area contributed by atoms with E-state index in [4.69, 9.17) is 15.2 Å². The van der Waals surface area contributed by atoms with Crippen LogP contribution < -0.4 is 11.1 Å². The van der Waals surface area contributed by atoms with E-state index >= 15 is 0 Å². The number of carbonyl (C=O) groups is 3. The summed E-state index contributed by atoms with van der Waals surface area (Å²) in [6.45, 7) is 3.47. The van der Waals surface area contributed by atoms with Gasteiger partial charge in [0.15, 0.2) is 0 Å². The van der Waals surface area contributed by atoms with Gasteiger partial charge < -0.3 is 20.5 Å². The fourth-order valence-corrected chi connectivity index (χ4v) is 3.48. The molecule has 0 saturated heterocycles. The molecule has 0 unspecified atom stereocenters. The standard InChI is InChI=1S/C20H22N2O5S/c1-4-26-20(25)16-14(17(19(24)22-3)28-18(16)21)11-27-15(23)10-9-13-8-6-5-7-12(13)2/h5-10H,4,11,21H2,1-3H3,(H,22,24)/b10-9+. The maximum Gasteiger partial charge on any atom is 0.341 e. The molecule has 0 spiro atoms. The summed E-state index contributed by atoms with van der Waals surface area (Å²) in [5.41, 5.74) is 8.10. The molecule has 0 aliphatic heterocycles. The zero-order chi connectivity index (χ0) is 20.7. The molecule has 8 heteroatoms. The minimum absolute atomic E-state index is 0.0566. The summed E-state index contributed by atoms with van der Waals surface area (Å²) in [6.07, 6.45) is 2.94. The van der Waals surface area contributed by atoms with Gasteiger partial charge in [-0.2, -0.15) is 0 Å². The normalized spacial score (nSPS) is 10.7. The number of nitrogen functional groups attached to an aromatic ring is 1. The molecule has 0 aliphatic carbocycles. The largest absolute Gasteiger partial charge is 0.462 e. The third-order valence-electron chi connectivity index (χ3n) is 3.89. The molecule has 0 atom stereocenters. The highest BCUT2D eigenvalue weighted by atomic mass is 32.1. The van der Waals surface area contributed by atoms with Crippen molar-refractivity contribution >= 4 is 40.3 Å². The Labute approximate surface area is 167 Å². The monoisotopic (exact) mass is 402 g/mol.